The van der Waals surface area contributed by atoms with E-state index in [9.17, 15) is 10.1 Å². The number of aromatic nitrogens is 2. The molecule has 3 aromatic carbocycles. The van der Waals surface area contributed by atoms with Gasteiger partial charge in [0.25, 0.3) is 0 Å². The Kier molecular flexibility index (Phi) is 5.91. The number of anilines is 1. The minimum Gasteiger partial charge on any atom is -0.465 e. The second kappa shape index (κ2) is 8.94. The molecule has 0 amide bonds. The molecule has 0 saturated carbocycles. The molecule has 6 nitrogen and oxygen atoms in total. The maximum absolute atomic E-state index is 12.4. The number of hydrogen-bond donors (Lipinski definition) is 0. The zero-order valence-electron chi connectivity index (χ0n) is 18.4. The third-order valence-electron chi connectivity index (χ3n) is 5.62. The number of fused-ring (bicyclic) bond motifs is 1. The Hall–Kier alpha value is -4.11. The number of hydrogen-bond acceptors (Lipinski definition) is 5. The van der Waals surface area contributed by atoms with Gasteiger partial charge in [0.15, 0.2) is 0 Å². The highest BCUT2D eigenvalue weighted by atomic mass is 16.5. The molecule has 0 bridgehead atoms. The summed E-state index contributed by atoms with van der Waals surface area (Å²) >= 11 is 0. The first kappa shape index (κ1) is 21.1. The summed E-state index contributed by atoms with van der Waals surface area (Å²) in [6, 6.07) is 23.5. The first-order valence-electron chi connectivity index (χ1n) is 10.4. The molecule has 0 aliphatic carbocycles. The van der Waals surface area contributed by atoms with Gasteiger partial charge in [-0.15, -0.1) is 0 Å². The molecular weight excluding hydrogens is 400 g/mol. The fraction of sp³-hybridized carbons (Fsp3) is 0.192. The van der Waals surface area contributed by atoms with Crippen molar-refractivity contribution < 1.29 is 9.53 Å². The minimum absolute atomic E-state index is 0.383. The van der Waals surface area contributed by atoms with Crippen molar-refractivity contribution in [2.75, 3.05) is 25.6 Å². The number of methoxy groups -OCH3 is 1. The predicted molar refractivity (Wildman–Crippen MR) is 126 cm³/mol. The molecule has 6 heteroatoms. The minimum atomic E-state index is -0.383. The number of carbonyl (C=O) groups excluding carboxylic acids is 1. The summed E-state index contributed by atoms with van der Waals surface area (Å²) in [7, 11) is 3.37. The van der Waals surface area contributed by atoms with Crippen LogP contribution in [0.1, 0.15) is 28.4 Å². The maximum Gasteiger partial charge on any atom is 0.340 e. The summed E-state index contributed by atoms with van der Waals surface area (Å²) in [4.78, 5) is 19.3. The van der Waals surface area contributed by atoms with Crippen molar-refractivity contribution in [2.24, 2.45) is 0 Å². The molecule has 0 saturated heterocycles. The highest BCUT2D eigenvalue weighted by molar-refractivity contribution is 6.02. The predicted octanol–water partition coefficient (Wildman–Crippen LogP) is 4.87. The smallest absolute Gasteiger partial charge is 0.340 e. The zero-order valence-corrected chi connectivity index (χ0v) is 18.4. The van der Waals surface area contributed by atoms with Crippen molar-refractivity contribution in [1.82, 2.24) is 9.55 Å². The molecule has 0 aliphatic rings. The topological polar surface area (TPSA) is 71.2 Å². The zero-order chi connectivity index (χ0) is 22.7. The lowest BCUT2D eigenvalue weighted by Gasteiger charge is -2.19. The summed E-state index contributed by atoms with van der Waals surface area (Å²) < 4.78 is 7.07. The Morgan fingerprint density at radius 1 is 1.09 bits per heavy atom. The molecular formula is C26H24N4O2. The van der Waals surface area contributed by atoms with Crippen LogP contribution in [0.25, 0.3) is 22.2 Å². The van der Waals surface area contributed by atoms with Crippen LogP contribution in [0.15, 0.2) is 66.7 Å². The summed E-state index contributed by atoms with van der Waals surface area (Å²) in [5.74, 6) is 0.406. The van der Waals surface area contributed by atoms with E-state index >= 15 is 0 Å². The van der Waals surface area contributed by atoms with Gasteiger partial charge >= 0.3 is 5.97 Å². The molecule has 1 aromatic heterocycles. The normalized spacial score (nSPS) is 10.7. The first-order chi connectivity index (χ1) is 15.6. The summed E-state index contributed by atoms with van der Waals surface area (Å²) in [6.07, 6.45) is 0. The molecule has 32 heavy (non-hydrogen) atoms. The maximum atomic E-state index is 12.4. The van der Waals surface area contributed by atoms with Gasteiger partial charge in [-0.05, 0) is 41.8 Å². The van der Waals surface area contributed by atoms with Gasteiger partial charge in [-0.25, -0.2) is 9.78 Å². The van der Waals surface area contributed by atoms with Crippen molar-refractivity contribution >= 4 is 23.0 Å². The first-order valence-corrected chi connectivity index (χ1v) is 10.4. The average molecular weight is 425 g/mol. The van der Waals surface area contributed by atoms with Gasteiger partial charge < -0.3 is 14.2 Å². The molecule has 4 aromatic rings. The van der Waals surface area contributed by atoms with Crippen LogP contribution in [0.3, 0.4) is 0 Å². The van der Waals surface area contributed by atoms with Crippen molar-refractivity contribution in [3.8, 4) is 17.2 Å². The number of rotatable bonds is 6. The molecule has 0 N–H and O–H groups in total. The quantitative estimate of drug-likeness (QED) is 0.413. The summed E-state index contributed by atoms with van der Waals surface area (Å²) in [5, 5.41) is 9.40. The molecule has 160 valence electrons. The summed E-state index contributed by atoms with van der Waals surface area (Å²) in [6.45, 7) is 3.39. The van der Waals surface area contributed by atoms with Crippen LogP contribution in [0.4, 0.5) is 5.95 Å². The van der Waals surface area contributed by atoms with Crippen LogP contribution < -0.4 is 4.90 Å². The second-order valence-corrected chi connectivity index (χ2v) is 7.53. The van der Waals surface area contributed by atoms with Crippen molar-refractivity contribution in [3.63, 3.8) is 0 Å². The number of nitriles is 1. The Morgan fingerprint density at radius 3 is 2.53 bits per heavy atom. The molecule has 0 unspecified atom stereocenters. The standard InChI is InChI=1S/C26H24N4O2/c1-4-29(2)26-28-23-11-7-10-22(25(31)32-3)24(23)30(26)17-18-12-14-19(15-13-18)21-9-6-5-8-20(21)16-27/h5-15H,4,17H2,1-3H3. The molecule has 0 fully saturated rings. The molecule has 0 atom stereocenters. The highest BCUT2D eigenvalue weighted by Gasteiger charge is 2.20. The third kappa shape index (κ3) is 3.81. The van der Waals surface area contributed by atoms with Gasteiger partial charge in [0, 0.05) is 13.6 Å². The van der Waals surface area contributed by atoms with E-state index in [1.54, 1.807) is 6.07 Å². The van der Waals surface area contributed by atoms with Crippen LogP contribution in [0.5, 0.6) is 0 Å². The van der Waals surface area contributed by atoms with Crippen molar-refractivity contribution in [2.45, 2.75) is 13.5 Å². The van der Waals surface area contributed by atoms with Crippen LogP contribution in [0, 0.1) is 11.3 Å². The highest BCUT2D eigenvalue weighted by Crippen LogP contribution is 2.28. The van der Waals surface area contributed by atoms with Gasteiger partial charge in [0.2, 0.25) is 5.95 Å². The van der Waals surface area contributed by atoms with E-state index in [-0.39, 0.29) is 5.97 Å². The monoisotopic (exact) mass is 424 g/mol. The van der Waals surface area contributed by atoms with E-state index in [2.05, 4.69) is 22.5 Å². The van der Waals surface area contributed by atoms with E-state index in [0.717, 1.165) is 40.2 Å². The van der Waals surface area contributed by atoms with Gasteiger partial charge in [-0.3, -0.25) is 0 Å². The van der Waals surface area contributed by atoms with E-state index < -0.39 is 0 Å². The lowest BCUT2D eigenvalue weighted by Crippen LogP contribution is -2.21. The number of carbonyl (C=O) groups is 1. The van der Waals surface area contributed by atoms with E-state index in [0.29, 0.717) is 17.7 Å². The molecule has 0 radical (unpaired) electrons. The van der Waals surface area contributed by atoms with Gasteiger partial charge in [0.1, 0.15) is 0 Å². The Bertz CT molecular complexity index is 1320. The van der Waals surface area contributed by atoms with Crippen LogP contribution >= 0.6 is 0 Å². The number of imidazole rings is 1. The van der Waals surface area contributed by atoms with E-state index in [1.165, 1.54) is 7.11 Å². The fourth-order valence-corrected chi connectivity index (χ4v) is 3.84. The average Bonchev–Trinajstić information content (AvgIpc) is 3.22. The SMILES string of the molecule is CCN(C)c1nc2cccc(C(=O)OC)c2n1Cc1ccc(-c2ccccc2C#N)cc1. The lowest BCUT2D eigenvalue weighted by atomic mass is 9.99. The van der Waals surface area contributed by atoms with Crippen molar-refractivity contribution in [1.29, 1.82) is 5.26 Å². The Balaban J connectivity index is 1.78. The van der Waals surface area contributed by atoms with Crippen LogP contribution in [0.2, 0.25) is 0 Å². The number of ether oxygens (including phenoxy) is 1. The van der Waals surface area contributed by atoms with Gasteiger partial charge in [-0.2, -0.15) is 5.26 Å². The largest absolute Gasteiger partial charge is 0.465 e. The number of esters is 1. The Labute approximate surface area is 187 Å². The molecule has 0 aliphatic heterocycles. The third-order valence-corrected chi connectivity index (χ3v) is 5.62. The van der Waals surface area contributed by atoms with Gasteiger partial charge in [-0.1, -0.05) is 48.5 Å². The molecule has 0 spiro atoms. The Morgan fingerprint density at radius 2 is 1.84 bits per heavy atom. The molecule has 1 heterocycles. The van der Waals surface area contributed by atoms with Crippen molar-refractivity contribution in [3.05, 3.63) is 83.4 Å². The van der Waals surface area contributed by atoms with E-state index in [1.807, 2.05) is 67.7 Å². The fourth-order valence-electron chi connectivity index (χ4n) is 3.84. The van der Waals surface area contributed by atoms with E-state index in [4.69, 9.17) is 9.72 Å². The summed E-state index contributed by atoms with van der Waals surface area (Å²) in [5.41, 5.74) is 5.61. The number of nitrogens with zero attached hydrogens (tertiary/aromatic N) is 4. The van der Waals surface area contributed by atoms with Gasteiger partial charge in [0.05, 0.1) is 41.9 Å². The van der Waals surface area contributed by atoms with Crippen LogP contribution in [-0.2, 0) is 11.3 Å². The molecule has 4 rings (SSSR count). The number of benzene rings is 3. The van der Waals surface area contributed by atoms with Crippen LogP contribution in [-0.4, -0.2) is 36.2 Å². The second-order valence-electron chi connectivity index (χ2n) is 7.53. The number of para-hydroxylation sites is 1. The lowest BCUT2D eigenvalue weighted by molar-refractivity contribution is 0.0602.